The summed E-state index contributed by atoms with van der Waals surface area (Å²) in [5.74, 6) is 0. The largest absolute Gasteiger partial charge is 0.394 e. The molecule has 1 heterocycles. The number of hydrogen-bond donors (Lipinski definition) is 12. The average molecular weight is 754 g/mol. The van der Waals surface area contributed by atoms with Gasteiger partial charge in [0.25, 0.3) is 0 Å². The first-order valence-corrected chi connectivity index (χ1v) is 17.1. The maximum absolute atomic E-state index is 10.8. The minimum Gasteiger partial charge on any atom is -0.394 e. The molecule has 20 heteroatoms. The second kappa shape index (κ2) is 25.3. The van der Waals surface area contributed by atoms with Crippen molar-refractivity contribution in [1.82, 2.24) is 0 Å². The molecule has 1 aliphatic heterocycles. The van der Waals surface area contributed by atoms with Crippen molar-refractivity contribution in [3.05, 3.63) is 0 Å². The van der Waals surface area contributed by atoms with Gasteiger partial charge in [0.05, 0.1) is 51.3 Å². The van der Waals surface area contributed by atoms with Crippen LogP contribution in [0.4, 0.5) is 0 Å². The van der Waals surface area contributed by atoms with Gasteiger partial charge in [-0.1, -0.05) is 0 Å². The normalized spacial score (nSPS) is 28.5. The number of ether oxygens (including phenoxy) is 8. The van der Waals surface area contributed by atoms with Crippen LogP contribution < -0.4 is 5.73 Å². The number of hydrogen-bond acceptors (Lipinski definition) is 20. The van der Waals surface area contributed by atoms with Crippen molar-refractivity contribution in [2.24, 2.45) is 5.73 Å². The van der Waals surface area contributed by atoms with E-state index in [9.17, 15) is 56.2 Å². The Morgan fingerprint density at radius 3 is 1.57 bits per heavy atom. The molecule has 0 amide bonds. The number of unbranched alkanes of at least 4 members (excludes halogenated alkanes) is 1. The lowest BCUT2D eigenvalue weighted by atomic mass is 9.99. The van der Waals surface area contributed by atoms with E-state index in [1.54, 1.807) is 0 Å². The number of nitrogens with two attached hydrogens (primary N) is 1. The predicted molar refractivity (Wildman–Crippen MR) is 173 cm³/mol. The maximum atomic E-state index is 10.8. The molecule has 11 unspecified atom stereocenters. The Morgan fingerprint density at radius 1 is 0.608 bits per heavy atom. The molecule has 0 bridgehead atoms. The number of aliphatic hydroxyl groups is 11. The Morgan fingerprint density at radius 2 is 1.12 bits per heavy atom. The summed E-state index contributed by atoms with van der Waals surface area (Å²) in [5.41, 5.74) is 5.47. The lowest BCUT2D eigenvalue weighted by Crippen LogP contribution is -2.61. The van der Waals surface area contributed by atoms with Gasteiger partial charge in [-0.3, -0.25) is 0 Å². The van der Waals surface area contributed by atoms with Gasteiger partial charge in [0, 0.05) is 6.61 Å². The van der Waals surface area contributed by atoms with Gasteiger partial charge in [-0.25, -0.2) is 0 Å². The zero-order valence-electron chi connectivity index (χ0n) is 29.9. The summed E-state index contributed by atoms with van der Waals surface area (Å²) in [6, 6.07) is 0. The van der Waals surface area contributed by atoms with Crippen molar-refractivity contribution in [2.45, 2.75) is 152 Å². The molecule has 1 rings (SSSR count). The molecule has 0 aliphatic carbocycles. The summed E-state index contributed by atoms with van der Waals surface area (Å²) < 4.78 is 45.4. The Hall–Kier alpha value is -0.800. The molecule has 0 aromatic heterocycles. The van der Waals surface area contributed by atoms with Crippen LogP contribution >= 0.6 is 0 Å². The van der Waals surface area contributed by atoms with Crippen LogP contribution in [-0.2, 0) is 37.9 Å². The van der Waals surface area contributed by atoms with Crippen molar-refractivity contribution < 1.29 is 94.1 Å². The molecular weight excluding hydrogens is 690 g/mol. The zero-order valence-corrected chi connectivity index (χ0v) is 29.9. The fourth-order valence-corrected chi connectivity index (χ4v) is 4.81. The fraction of sp³-hybridized carbons (Fsp3) is 1.00. The molecule has 0 radical (unpaired) electrons. The van der Waals surface area contributed by atoms with Crippen molar-refractivity contribution in [3.8, 4) is 0 Å². The van der Waals surface area contributed by atoms with E-state index in [0.717, 1.165) is 0 Å². The minimum atomic E-state index is -1.65. The Balaban J connectivity index is 3.02. The van der Waals surface area contributed by atoms with Gasteiger partial charge in [0.15, 0.2) is 25.2 Å². The predicted octanol–water partition coefficient (Wildman–Crippen LogP) is -5.02. The summed E-state index contributed by atoms with van der Waals surface area (Å²) in [5, 5.41) is 112. The third-order valence-electron chi connectivity index (χ3n) is 8.03. The topological polar surface area (TPSA) is 322 Å². The van der Waals surface area contributed by atoms with Crippen molar-refractivity contribution in [1.29, 1.82) is 0 Å². The summed E-state index contributed by atoms with van der Waals surface area (Å²) in [6.07, 6.45) is -22.1. The van der Waals surface area contributed by atoms with Crippen LogP contribution in [0.25, 0.3) is 0 Å². The van der Waals surface area contributed by atoms with E-state index in [0.29, 0.717) is 19.4 Å². The Bertz CT molecular complexity index is 875. The van der Waals surface area contributed by atoms with Crippen LogP contribution in [0, 0.1) is 0 Å². The molecule has 1 fully saturated rings. The number of rotatable bonds is 28. The molecule has 1 aliphatic rings. The van der Waals surface area contributed by atoms with Gasteiger partial charge in [0.1, 0.15) is 61.0 Å². The molecule has 0 saturated carbocycles. The summed E-state index contributed by atoms with van der Waals surface area (Å²) in [4.78, 5) is 0. The highest BCUT2D eigenvalue weighted by Gasteiger charge is 2.47. The first-order valence-electron chi connectivity index (χ1n) is 17.1. The highest BCUT2D eigenvalue weighted by Crippen LogP contribution is 2.27. The summed E-state index contributed by atoms with van der Waals surface area (Å²) >= 11 is 0. The molecule has 306 valence electrons. The van der Waals surface area contributed by atoms with E-state index < -0.39 is 138 Å². The van der Waals surface area contributed by atoms with E-state index in [2.05, 4.69) is 0 Å². The SMILES string of the molecule is C[C@H](O)C(CO)OC(O[C@@H](C)C(CO)OC(O[C@H](C)C(CO)OC(OC1C(CO)OC(OCCCCN)C(O)C1O)[C@H](C)O)[C@H](C)O)[C@@H](O)CO. The van der Waals surface area contributed by atoms with E-state index in [-0.39, 0.29) is 6.61 Å². The van der Waals surface area contributed by atoms with Gasteiger partial charge in [0.2, 0.25) is 0 Å². The molecule has 17 atom stereocenters. The van der Waals surface area contributed by atoms with E-state index >= 15 is 0 Å². The van der Waals surface area contributed by atoms with E-state index in [1.807, 2.05) is 0 Å². The number of aliphatic hydroxyl groups excluding tert-OH is 11. The molecular formula is C31H63NO19. The monoisotopic (exact) mass is 753 g/mol. The van der Waals surface area contributed by atoms with Crippen molar-refractivity contribution in [2.75, 3.05) is 46.2 Å². The van der Waals surface area contributed by atoms with Crippen LogP contribution in [0.5, 0.6) is 0 Å². The quantitative estimate of drug-likeness (QED) is 0.0263. The van der Waals surface area contributed by atoms with Crippen LogP contribution in [0.3, 0.4) is 0 Å². The third kappa shape index (κ3) is 15.8. The van der Waals surface area contributed by atoms with Gasteiger partial charge >= 0.3 is 0 Å². The fourth-order valence-electron chi connectivity index (χ4n) is 4.81. The van der Waals surface area contributed by atoms with Crippen LogP contribution in [0.2, 0.25) is 0 Å². The highest BCUT2D eigenvalue weighted by molar-refractivity contribution is 4.91. The first-order chi connectivity index (χ1) is 24.1. The molecule has 1 saturated heterocycles. The van der Waals surface area contributed by atoms with Gasteiger partial charge in [-0.15, -0.1) is 0 Å². The van der Waals surface area contributed by atoms with Crippen LogP contribution in [-0.4, -0.2) is 207 Å². The zero-order chi connectivity index (χ0) is 38.8. The van der Waals surface area contributed by atoms with E-state index in [1.165, 1.54) is 34.6 Å². The van der Waals surface area contributed by atoms with E-state index in [4.69, 9.17) is 43.6 Å². The van der Waals surface area contributed by atoms with Crippen molar-refractivity contribution >= 4 is 0 Å². The second-order valence-corrected chi connectivity index (χ2v) is 12.5. The molecule has 0 aromatic rings. The lowest BCUT2D eigenvalue weighted by molar-refractivity contribution is -0.343. The Kier molecular flexibility index (Phi) is 23.9. The average Bonchev–Trinajstić information content (AvgIpc) is 3.09. The summed E-state index contributed by atoms with van der Waals surface area (Å²) in [7, 11) is 0. The van der Waals surface area contributed by atoms with Gasteiger partial charge in [-0.2, -0.15) is 0 Å². The first kappa shape index (κ1) is 48.2. The standard InChI is InChI=1S/C31H63NO19/c1-15(38)21(11-34)47-30(20(41)10-33)46-19(5)23(13-36)48-28(16(2)39)45-18(4)22(12-35)49-29(17(3)40)51-27-24(14-37)50-31(26(43)25(27)42)44-9-7-6-8-32/h15-31,33-43H,6-14,32H2,1-5H3/t15-,16-,17-,18+,19-,20-,21?,22?,23?,24?,25?,26?,27?,28?,29?,30?,31?/m0/s1. The minimum absolute atomic E-state index is 0.170. The smallest absolute Gasteiger partial charge is 0.186 e. The van der Waals surface area contributed by atoms with Gasteiger partial charge in [-0.05, 0) is 54.0 Å². The van der Waals surface area contributed by atoms with Crippen LogP contribution in [0.15, 0.2) is 0 Å². The van der Waals surface area contributed by atoms with Crippen molar-refractivity contribution in [3.63, 3.8) is 0 Å². The van der Waals surface area contributed by atoms with Crippen LogP contribution in [0.1, 0.15) is 47.5 Å². The third-order valence-corrected chi connectivity index (χ3v) is 8.03. The maximum Gasteiger partial charge on any atom is 0.186 e. The highest BCUT2D eigenvalue weighted by atomic mass is 16.8. The molecule has 0 spiro atoms. The summed E-state index contributed by atoms with van der Waals surface area (Å²) in [6.45, 7) is 3.86. The second-order valence-electron chi connectivity index (χ2n) is 12.5. The lowest BCUT2D eigenvalue weighted by Gasteiger charge is -2.43. The molecule has 20 nitrogen and oxygen atoms in total. The molecule has 0 aromatic carbocycles. The van der Waals surface area contributed by atoms with Gasteiger partial charge < -0.3 is 99.8 Å². The Labute approximate surface area is 298 Å². The molecule has 13 N–H and O–H groups in total. The molecule has 51 heavy (non-hydrogen) atoms.